The van der Waals surface area contributed by atoms with E-state index in [-0.39, 0.29) is 5.82 Å². The van der Waals surface area contributed by atoms with Crippen molar-refractivity contribution in [3.63, 3.8) is 0 Å². The van der Waals surface area contributed by atoms with Crippen molar-refractivity contribution in [2.45, 2.75) is 53.4 Å². The van der Waals surface area contributed by atoms with Crippen LogP contribution < -0.4 is 0 Å². The maximum atomic E-state index is 12.9. The van der Waals surface area contributed by atoms with Gasteiger partial charge in [-0.25, -0.2) is 4.39 Å². The second-order valence-corrected chi connectivity index (χ2v) is 21.5. The fraction of sp³-hybridized carbons (Fsp3) is 0.101. The lowest BCUT2D eigenvalue weighted by molar-refractivity contribution is 0.628. The van der Waals surface area contributed by atoms with E-state index in [0.717, 1.165) is 44.8 Å². The molecule has 0 aliphatic heterocycles. The van der Waals surface area contributed by atoms with Gasteiger partial charge in [-0.05, 0) is 141 Å². The first kappa shape index (κ1) is 56.6. The lowest BCUT2D eigenvalue weighted by atomic mass is 9.92. The molecule has 0 saturated carbocycles. The van der Waals surface area contributed by atoms with E-state index in [9.17, 15) is 4.39 Å². The molecule has 85 heavy (non-hydrogen) atoms. The predicted octanol–water partition coefficient (Wildman–Crippen LogP) is 20.6. The molecule has 0 atom stereocenters. The fourth-order valence-corrected chi connectivity index (χ4v) is 10.6. The Labute approximate surface area is 498 Å². The normalized spacial score (nSPS) is 11.4. The summed E-state index contributed by atoms with van der Waals surface area (Å²) in [6.07, 6.45) is 14.5. The van der Waals surface area contributed by atoms with Crippen molar-refractivity contribution in [3.05, 3.63) is 319 Å². The van der Waals surface area contributed by atoms with Crippen LogP contribution in [0.25, 0.3) is 99.4 Å². The summed E-state index contributed by atoms with van der Waals surface area (Å²) in [7, 11) is 0. The molecule has 0 saturated heterocycles. The average Bonchev–Trinajstić information content (AvgIpc) is 3.68. The number of nitrogens with zero attached hydrogens (tertiary/aromatic N) is 5. The van der Waals surface area contributed by atoms with Crippen molar-refractivity contribution >= 4 is 43.1 Å². The Kier molecular flexibility index (Phi) is 18.1. The number of rotatable bonds is 5. The molecular formula is C79H66FN5. The Balaban J connectivity index is 0.000000111. The molecule has 0 amide bonds. The van der Waals surface area contributed by atoms with Crippen molar-refractivity contribution in [2.24, 2.45) is 0 Å². The highest BCUT2D eigenvalue weighted by Crippen LogP contribution is 2.31. The number of halogens is 1. The van der Waals surface area contributed by atoms with Gasteiger partial charge in [-0.1, -0.05) is 216 Å². The van der Waals surface area contributed by atoms with Gasteiger partial charge >= 0.3 is 0 Å². The van der Waals surface area contributed by atoms with E-state index in [4.69, 9.17) is 0 Å². The van der Waals surface area contributed by atoms with Crippen LogP contribution in [0.1, 0.15) is 46.2 Å². The van der Waals surface area contributed by atoms with E-state index in [1.54, 1.807) is 18.3 Å². The minimum absolute atomic E-state index is 0.228. The van der Waals surface area contributed by atoms with Gasteiger partial charge in [0.2, 0.25) is 0 Å². The summed E-state index contributed by atoms with van der Waals surface area (Å²) >= 11 is 0. The van der Waals surface area contributed by atoms with Crippen LogP contribution in [0.2, 0.25) is 0 Å². The molecule has 0 radical (unpaired) electrons. The molecule has 5 heterocycles. The largest absolute Gasteiger partial charge is 0.256 e. The minimum Gasteiger partial charge on any atom is -0.256 e. The summed E-state index contributed by atoms with van der Waals surface area (Å²) in [5.41, 5.74) is 18.9. The molecule has 1 aliphatic rings. The summed E-state index contributed by atoms with van der Waals surface area (Å²) in [5.74, 6) is -0.228. The highest BCUT2D eigenvalue weighted by atomic mass is 19.1. The highest BCUT2D eigenvalue weighted by molar-refractivity contribution is 5.97. The Morgan fingerprint density at radius 1 is 0.282 bits per heavy atom. The SMILES string of the molecule is Cc1ccc(-c2cc3c(cn2)CCCC3)cc1.Cc1ccc(-c2nccc3ccccc23)cc1.Cc1ccc(-c2nccc3ccccc23)cc1.Cc1ccc(-c2nccc3ccccc23)cc1.Fc1ccc(-c2nccc3ccccc23)cc1. The van der Waals surface area contributed by atoms with Gasteiger partial charge in [-0.2, -0.15) is 0 Å². The number of benzene rings is 9. The van der Waals surface area contributed by atoms with Crippen molar-refractivity contribution < 1.29 is 4.39 Å². The van der Waals surface area contributed by atoms with Crippen LogP contribution >= 0.6 is 0 Å². The molecule has 0 bridgehead atoms. The molecule has 1 aliphatic carbocycles. The number of aromatic nitrogens is 5. The molecule has 5 aromatic heterocycles. The van der Waals surface area contributed by atoms with Gasteiger partial charge in [-0.3, -0.25) is 24.9 Å². The number of pyridine rings is 5. The van der Waals surface area contributed by atoms with Crippen LogP contribution in [-0.4, -0.2) is 24.9 Å². The monoisotopic (exact) mass is 1100 g/mol. The van der Waals surface area contributed by atoms with Crippen LogP contribution in [0.3, 0.4) is 0 Å². The van der Waals surface area contributed by atoms with E-state index < -0.39 is 0 Å². The quantitative estimate of drug-likeness (QED) is 0.172. The number of hydrogen-bond acceptors (Lipinski definition) is 5. The smallest absolute Gasteiger partial charge is 0.123 e. The van der Waals surface area contributed by atoms with Gasteiger partial charge in [0.05, 0.1) is 28.5 Å². The predicted molar refractivity (Wildman–Crippen MR) is 354 cm³/mol. The maximum absolute atomic E-state index is 12.9. The van der Waals surface area contributed by atoms with E-state index >= 15 is 0 Å². The van der Waals surface area contributed by atoms with Crippen molar-refractivity contribution in [3.8, 4) is 56.3 Å². The van der Waals surface area contributed by atoms with Crippen LogP contribution in [0, 0.1) is 33.5 Å². The van der Waals surface area contributed by atoms with E-state index in [2.05, 4.69) is 235 Å². The summed E-state index contributed by atoms with van der Waals surface area (Å²) in [5, 5.41) is 9.55. The van der Waals surface area contributed by atoms with Gasteiger partial charge in [0.15, 0.2) is 0 Å². The molecule has 0 N–H and O–H groups in total. The molecule has 5 nitrogen and oxygen atoms in total. The minimum atomic E-state index is -0.228. The van der Waals surface area contributed by atoms with E-state index in [1.165, 1.54) is 126 Å². The van der Waals surface area contributed by atoms with Crippen molar-refractivity contribution in [1.29, 1.82) is 0 Å². The summed E-state index contributed by atoms with van der Waals surface area (Å²) < 4.78 is 12.9. The zero-order valence-electron chi connectivity index (χ0n) is 48.5. The second-order valence-electron chi connectivity index (χ2n) is 21.5. The molecule has 14 aromatic rings. The summed E-state index contributed by atoms with van der Waals surface area (Å²) in [6, 6.07) is 84.1. The molecule has 9 aromatic carbocycles. The van der Waals surface area contributed by atoms with Gasteiger partial charge in [0.1, 0.15) is 5.82 Å². The van der Waals surface area contributed by atoms with Crippen LogP contribution in [-0.2, 0) is 12.8 Å². The number of aryl methyl sites for hydroxylation is 6. The maximum Gasteiger partial charge on any atom is 0.123 e. The average molecular weight is 1100 g/mol. The van der Waals surface area contributed by atoms with E-state index in [0.29, 0.717) is 0 Å². The third kappa shape index (κ3) is 14.1. The Morgan fingerprint density at radius 3 is 0.894 bits per heavy atom. The zero-order chi connectivity index (χ0) is 58.3. The van der Waals surface area contributed by atoms with Crippen LogP contribution in [0.4, 0.5) is 4.39 Å². The topological polar surface area (TPSA) is 64.5 Å². The molecule has 414 valence electrons. The molecule has 15 rings (SSSR count). The first-order chi connectivity index (χ1) is 41.7. The Bertz CT molecular complexity index is 4000. The fourth-order valence-electron chi connectivity index (χ4n) is 10.6. The van der Waals surface area contributed by atoms with Gasteiger partial charge < -0.3 is 0 Å². The zero-order valence-corrected chi connectivity index (χ0v) is 48.5. The lowest BCUT2D eigenvalue weighted by Crippen LogP contribution is -2.03. The second kappa shape index (κ2) is 27.2. The van der Waals surface area contributed by atoms with Crippen molar-refractivity contribution in [2.75, 3.05) is 0 Å². The Morgan fingerprint density at radius 2 is 0.565 bits per heavy atom. The van der Waals surface area contributed by atoms with Crippen molar-refractivity contribution in [1.82, 2.24) is 24.9 Å². The van der Waals surface area contributed by atoms with Crippen LogP contribution in [0.15, 0.2) is 280 Å². The van der Waals surface area contributed by atoms with Gasteiger partial charge in [-0.15, -0.1) is 0 Å². The molecule has 0 spiro atoms. The lowest BCUT2D eigenvalue weighted by Gasteiger charge is -2.15. The highest BCUT2D eigenvalue weighted by Gasteiger charge is 2.12. The summed E-state index contributed by atoms with van der Waals surface area (Å²) in [4.78, 5) is 22.5. The summed E-state index contributed by atoms with van der Waals surface area (Å²) in [6.45, 7) is 8.41. The van der Waals surface area contributed by atoms with Gasteiger partial charge in [0, 0.05) is 80.3 Å². The first-order valence-electron chi connectivity index (χ1n) is 29.1. The first-order valence-corrected chi connectivity index (χ1v) is 29.1. The molecule has 0 unspecified atom stereocenters. The standard InChI is InChI=1S/C16H17N.3C16H13N.C15H10FN/c1-12-6-8-13(9-7-12)16-10-14-4-2-3-5-15(14)11-17-16;3*1-12-6-8-14(9-7-12)16-15-5-3-2-4-13(15)10-11-17-16;16-13-7-5-12(6-8-13)15-14-4-2-1-3-11(14)9-10-17-15/h6-11H,2-5H2,1H3;3*2-11H,1H3;1-10H. The third-order valence-corrected chi connectivity index (χ3v) is 15.4. The molecular weight excluding hydrogens is 1040 g/mol. The number of fused-ring (bicyclic) bond motifs is 5. The number of hydrogen-bond donors (Lipinski definition) is 0. The van der Waals surface area contributed by atoms with Gasteiger partial charge in [0.25, 0.3) is 0 Å². The molecule has 6 heteroatoms. The van der Waals surface area contributed by atoms with E-state index in [1.807, 2.05) is 67.1 Å². The molecule has 0 fully saturated rings. The third-order valence-electron chi connectivity index (χ3n) is 15.4. The van der Waals surface area contributed by atoms with Crippen LogP contribution in [0.5, 0.6) is 0 Å². The Hall–Kier alpha value is -10.3.